The fraction of sp³-hybridized carbons (Fsp3) is 0.857. The van der Waals surface area contributed by atoms with Gasteiger partial charge in [0, 0.05) is 19.0 Å². The van der Waals surface area contributed by atoms with Crippen LogP contribution in [0.2, 0.25) is 0 Å². The summed E-state index contributed by atoms with van der Waals surface area (Å²) in [4.78, 5) is 0. The van der Waals surface area contributed by atoms with Gasteiger partial charge in [-0.25, -0.2) is 0 Å². The lowest BCUT2D eigenvalue weighted by atomic mass is 10.00. The minimum Gasteiger partial charge on any atom is -0.392 e. The molecule has 0 aromatic rings. The molecule has 1 aliphatic carbocycles. The molecular formula is C14H25NO. The highest BCUT2D eigenvalue weighted by Crippen LogP contribution is 2.28. The second-order valence-corrected chi connectivity index (χ2v) is 4.96. The first kappa shape index (κ1) is 13.5. The molecule has 2 heteroatoms. The molecule has 0 aromatic carbocycles. The van der Waals surface area contributed by atoms with Crippen LogP contribution in [0.4, 0.5) is 0 Å². The molecule has 0 aromatic heterocycles. The Morgan fingerprint density at radius 1 is 1.44 bits per heavy atom. The first-order chi connectivity index (χ1) is 7.76. The van der Waals surface area contributed by atoms with E-state index in [2.05, 4.69) is 18.2 Å². The van der Waals surface area contributed by atoms with Crippen LogP contribution < -0.4 is 5.32 Å². The minimum absolute atomic E-state index is 0.199. The van der Waals surface area contributed by atoms with E-state index in [-0.39, 0.29) is 6.10 Å². The molecule has 2 atom stereocenters. The number of hydrogen-bond donors (Lipinski definition) is 2. The average molecular weight is 223 g/mol. The molecule has 0 radical (unpaired) electrons. The van der Waals surface area contributed by atoms with E-state index < -0.39 is 0 Å². The summed E-state index contributed by atoms with van der Waals surface area (Å²) < 4.78 is 0. The third-order valence-electron chi connectivity index (χ3n) is 3.58. The van der Waals surface area contributed by atoms with E-state index in [9.17, 15) is 5.11 Å². The molecule has 1 rings (SSSR count). The summed E-state index contributed by atoms with van der Waals surface area (Å²) in [5.41, 5.74) is 0. The number of terminal acetylenes is 1. The van der Waals surface area contributed by atoms with Gasteiger partial charge < -0.3 is 10.4 Å². The Kier molecular flexibility index (Phi) is 6.52. The average Bonchev–Trinajstić information content (AvgIpc) is 2.76. The first-order valence-electron chi connectivity index (χ1n) is 6.61. The number of hydrogen-bond acceptors (Lipinski definition) is 2. The van der Waals surface area contributed by atoms with Gasteiger partial charge in [0.2, 0.25) is 0 Å². The van der Waals surface area contributed by atoms with Crippen molar-refractivity contribution in [1.29, 1.82) is 0 Å². The topological polar surface area (TPSA) is 32.3 Å². The van der Waals surface area contributed by atoms with E-state index in [0.717, 1.165) is 25.2 Å². The molecule has 16 heavy (non-hydrogen) atoms. The van der Waals surface area contributed by atoms with Crippen LogP contribution in [0.15, 0.2) is 0 Å². The lowest BCUT2D eigenvalue weighted by Gasteiger charge is -2.19. The quantitative estimate of drug-likeness (QED) is 0.649. The van der Waals surface area contributed by atoms with Gasteiger partial charge in [-0.2, -0.15) is 0 Å². The van der Waals surface area contributed by atoms with Gasteiger partial charge in [0.25, 0.3) is 0 Å². The largest absolute Gasteiger partial charge is 0.392 e. The van der Waals surface area contributed by atoms with Gasteiger partial charge in [-0.05, 0) is 18.8 Å². The Morgan fingerprint density at radius 2 is 2.12 bits per heavy atom. The summed E-state index contributed by atoms with van der Waals surface area (Å²) in [6.45, 7) is 2.81. The summed E-state index contributed by atoms with van der Waals surface area (Å²) in [5.74, 6) is 3.43. The molecule has 0 spiro atoms. The monoisotopic (exact) mass is 223 g/mol. The van der Waals surface area contributed by atoms with E-state index in [1.165, 1.54) is 25.7 Å². The van der Waals surface area contributed by atoms with E-state index >= 15 is 0 Å². The molecule has 0 aliphatic heterocycles. The van der Waals surface area contributed by atoms with E-state index in [1.807, 2.05) is 0 Å². The smallest absolute Gasteiger partial charge is 0.0667 e. The van der Waals surface area contributed by atoms with Crippen molar-refractivity contribution in [1.82, 2.24) is 5.32 Å². The summed E-state index contributed by atoms with van der Waals surface area (Å²) in [6, 6.07) is 0.364. The number of aliphatic hydroxyl groups is 1. The van der Waals surface area contributed by atoms with E-state index in [4.69, 9.17) is 6.42 Å². The van der Waals surface area contributed by atoms with Crippen molar-refractivity contribution in [3.63, 3.8) is 0 Å². The normalized spacial score (nSPS) is 20.6. The van der Waals surface area contributed by atoms with Gasteiger partial charge in [-0.3, -0.25) is 0 Å². The van der Waals surface area contributed by atoms with Crippen LogP contribution in [-0.2, 0) is 0 Å². The van der Waals surface area contributed by atoms with Crippen LogP contribution in [0.5, 0.6) is 0 Å². The SMILES string of the molecule is C#CCC(CC)NCC(O)CC1CCCC1. The Hall–Kier alpha value is -0.520. The third kappa shape index (κ3) is 5.01. The van der Waals surface area contributed by atoms with Crippen LogP contribution in [0, 0.1) is 18.3 Å². The fourth-order valence-corrected chi connectivity index (χ4v) is 2.52. The number of aliphatic hydroxyl groups excluding tert-OH is 1. The van der Waals surface area contributed by atoms with Crippen molar-refractivity contribution in [3.05, 3.63) is 0 Å². The standard InChI is InChI=1S/C14H25NO/c1-3-7-13(4-2)15-11-14(16)10-12-8-5-6-9-12/h1,12-16H,4-11H2,2H3. The van der Waals surface area contributed by atoms with Crippen molar-refractivity contribution < 1.29 is 5.11 Å². The van der Waals surface area contributed by atoms with Crippen LogP contribution >= 0.6 is 0 Å². The zero-order chi connectivity index (χ0) is 11.8. The van der Waals surface area contributed by atoms with Crippen molar-refractivity contribution >= 4 is 0 Å². The Bertz CT molecular complexity index is 215. The highest BCUT2D eigenvalue weighted by molar-refractivity contribution is 4.89. The van der Waals surface area contributed by atoms with E-state index in [1.54, 1.807) is 0 Å². The third-order valence-corrected chi connectivity index (χ3v) is 3.58. The maximum atomic E-state index is 9.91. The molecule has 2 unspecified atom stereocenters. The molecule has 2 N–H and O–H groups in total. The number of nitrogens with one attached hydrogen (secondary N) is 1. The zero-order valence-electron chi connectivity index (χ0n) is 10.4. The van der Waals surface area contributed by atoms with E-state index in [0.29, 0.717) is 12.6 Å². The van der Waals surface area contributed by atoms with Gasteiger partial charge in [-0.1, -0.05) is 32.6 Å². The summed E-state index contributed by atoms with van der Waals surface area (Å²) in [5, 5.41) is 13.3. The molecule has 2 nitrogen and oxygen atoms in total. The second-order valence-electron chi connectivity index (χ2n) is 4.96. The molecule has 0 saturated heterocycles. The van der Waals surface area contributed by atoms with Crippen LogP contribution in [0.25, 0.3) is 0 Å². The van der Waals surface area contributed by atoms with Crippen molar-refractivity contribution in [3.8, 4) is 12.3 Å². The van der Waals surface area contributed by atoms with Crippen LogP contribution in [-0.4, -0.2) is 23.8 Å². The predicted octanol–water partition coefficient (Wildman–Crippen LogP) is 2.32. The maximum absolute atomic E-state index is 9.91. The van der Waals surface area contributed by atoms with Crippen LogP contribution in [0.1, 0.15) is 51.9 Å². The highest BCUT2D eigenvalue weighted by Gasteiger charge is 2.19. The van der Waals surface area contributed by atoms with Gasteiger partial charge in [0.05, 0.1) is 6.10 Å². The molecule has 1 saturated carbocycles. The summed E-state index contributed by atoms with van der Waals surface area (Å²) in [6.07, 6.45) is 13.1. The van der Waals surface area contributed by atoms with Gasteiger partial charge in [0.15, 0.2) is 0 Å². The summed E-state index contributed by atoms with van der Waals surface area (Å²) in [7, 11) is 0. The molecule has 0 bridgehead atoms. The lowest BCUT2D eigenvalue weighted by Crippen LogP contribution is -2.35. The molecule has 1 aliphatic rings. The first-order valence-corrected chi connectivity index (χ1v) is 6.61. The van der Waals surface area contributed by atoms with Gasteiger partial charge in [0.1, 0.15) is 0 Å². The molecular weight excluding hydrogens is 198 g/mol. The predicted molar refractivity (Wildman–Crippen MR) is 68.1 cm³/mol. The van der Waals surface area contributed by atoms with Gasteiger partial charge >= 0.3 is 0 Å². The Labute approximate surface area is 99.8 Å². The fourth-order valence-electron chi connectivity index (χ4n) is 2.52. The van der Waals surface area contributed by atoms with Gasteiger partial charge in [-0.15, -0.1) is 12.3 Å². The summed E-state index contributed by atoms with van der Waals surface area (Å²) >= 11 is 0. The lowest BCUT2D eigenvalue weighted by molar-refractivity contribution is 0.137. The molecule has 0 heterocycles. The van der Waals surface area contributed by atoms with Crippen molar-refractivity contribution in [2.45, 2.75) is 64.0 Å². The maximum Gasteiger partial charge on any atom is 0.0667 e. The Balaban J connectivity index is 2.13. The van der Waals surface area contributed by atoms with Crippen molar-refractivity contribution in [2.24, 2.45) is 5.92 Å². The molecule has 1 fully saturated rings. The molecule has 0 amide bonds. The number of rotatable bonds is 7. The second kappa shape index (κ2) is 7.70. The minimum atomic E-state index is -0.199. The Morgan fingerprint density at radius 3 is 2.69 bits per heavy atom. The van der Waals surface area contributed by atoms with Crippen LogP contribution in [0.3, 0.4) is 0 Å². The molecule has 92 valence electrons. The zero-order valence-corrected chi connectivity index (χ0v) is 10.4. The van der Waals surface area contributed by atoms with Crippen molar-refractivity contribution in [2.75, 3.05) is 6.54 Å². The highest BCUT2D eigenvalue weighted by atomic mass is 16.3.